The molecule has 0 radical (unpaired) electrons. The third kappa shape index (κ3) is 11.1. The molecule has 6 nitrogen and oxygen atoms in total. The maximum Gasteiger partial charge on any atom is 0.150 e. The van der Waals surface area contributed by atoms with Crippen molar-refractivity contribution in [1.82, 2.24) is 0 Å². The maximum atomic E-state index is 13.4. The number of carbonyl (C=O) groups excluding carboxylic acids is 1. The lowest BCUT2D eigenvalue weighted by molar-refractivity contribution is 0.112. The van der Waals surface area contributed by atoms with E-state index in [9.17, 15) is 4.79 Å². The number of hydrogen-bond donors (Lipinski definition) is 0. The monoisotopic (exact) mass is 1230 g/mol. The second kappa shape index (κ2) is 25.7. The summed E-state index contributed by atoms with van der Waals surface area (Å²) in [5.74, 6) is 0.679. The predicted molar refractivity (Wildman–Crippen MR) is 403 cm³/mol. The fourth-order valence-electron chi connectivity index (χ4n) is 13.8. The van der Waals surface area contributed by atoms with Crippen LogP contribution in [0.4, 0.5) is 68.2 Å². The van der Waals surface area contributed by atoms with Crippen LogP contribution in [-0.2, 0) is 0 Å². The largest absolute Gasteiger partial charge is 0.496 e. The minimum atomic E-state index is 0.578. The predicted octanol–water partition coefficient (Wildman–Crippen LogP) is 25.0. The Morgan fingerprint density at radius 3 is 0.938 bits per heavy atom. The molecule has 0 amide bonds. The third-order valence-electron chi connectivity index (χ3n) is 18.4. The smallest absolute Gasteiger partial charge is 0.150 e. The van der Waals surface area contributed by atoms with E-state index in [1.54, 1.807) is 7.11 Å². The molecule has 0 saturated carbocycles. The molecule has 96 heavy (non-hydrogen) atoms. The van der Waals surface area contributed by atoms with Crippen LogP contribution in [0.1, 0.15) is 10.4 Å². The van der Waals surface area contributed by atoms with Gasteiger partial charge in [-0.3, -0.25) is 4.79 Å². The summed E-state index contributed by atoms with van der Waals surface area (Å²) in [7, 11) is 1.70. The first-order chi connectivity index (χ1) is 47.5. The molecule has 0 unspecified atom stereocenters. The van der Waals surface area contributed by atoms with Crippen LogP contribution >= 0.6 is 0 Å². The minimum absolute atomic E-state index is 0.578. The summed E-state index contributed by atoms with van der Waals surface area (Å²) in [6.07, 6.45) is 0.964. The molecule has 0 aliphatic carbocycles. The van der Waals surface area contributed by atoms with Crippen LogP contribution in [0.2, 0.25) is 0 Å². The average Bonchev–Trinajstić information content (AvgIpc) is 0.757. The molecule has 0 bridgehead atoms. The van der Waals surface area contributed by atoms with Crippen LogP contribution in [-0.4, -0.2) is 13.4 Å². The van der Waals surface area contributed by atoms with Crippen molar-refractivity contribution in [2.75, 3.05) is 26.7 Å². The topological polar surface area (TPSA) is 39.3 Å². The van der Waals surface area contributed by atoms with E-state index in [0.29, 0.717) is 11.3 Å². The fraction of sp³-hybridized carbons (Fsp3) is 0.0111. The van der Waals surface area contributed by atoms with Gasteiger partial charge in [-0.15, -0.1) is 0 Å². The molecule has 0 aromatic heterocycles. The second-order valence-electron chi connectivity index (χ2n) is 24.0. The third-order valence-corrected chi connectivity index (χ3v) is 18.4. The quantitative estimate of drug-likeness (QED) is 0.0846. The zero-order chi connectivity index (χ0) is 64.3. The van der Waals surface area contributed by atoms with Crippen LogP contribution in [0.15, 0.2) is 364 Å². The van der Waals surface area contributed by atoms with Gasteiger partial charge in [0.25, 0.3) is 0 Å². The van der Waals surface area contributed by atoms with Crippen molar-refractivity contribution in [3.63, 3.8) is 0 Å². The van der Waals surface area contributed by atoms with Gasteiger partial charge in [0, 0.05) is 84.3 Å². The molecule has 0 saturated heterocycles. The average molecular weight is 1230 g/mol. The molecule has 16 rings (SSSR count). The van der Waals surface area contributed by atoms with E-state index in [1.807, 2.05) is 18.2 Å². The molecule has 0 aliphatic rings. The van der Waals surface area contributed by atoms with Crippen molar-refractivity contribution >= 4 is 118 Å². The second-order valence-corrected chi connectivity index (χ2v) is 24.0. The number of para-hydroxylation sites is 4. The van der Waals surface area contributed by atoms with E-state index in [4.69, 9.17) is 4.74 Å². The zero-order valence-corrected chi connectivity index (χ0v) is 52.8. The number of nitrogens with zero attached hydrogens (tertiary/aromatic N) is 4. The van der Waals surface area contributed by atoms with E-state index in [1.165, 1.54) is 21.5 Å². The summed E-state index contributed by atoms with van der Waals surface area (Å²) >= 11 is 0. The number of aldehydes is 1. The van der Waals surface area contributed by atoms with E-state index in [-0.39, 0.29) is 0 Å². The van der Waals surface area contributed by atoms with Crippen molar-refractivity contribution in [2.45, 2.75) is 0 Å². The highest BCUT2D eigenvalue weighted by Crippen LogP contribution is 2.48. The van der Waals surface area contributed by atoms with Gasteiger partial charge in [0.05, 0.1) is 18.5 Å². The Morgan fingerprint density at radius 2 is 0.552 bits per heavy atom. The van der Waals surface area contributed by atoms with E-state index in [2.05, 4.69) is 365 Å². The number of benzene rings is 16. The molecular formula is C90H64N4O2. The lowest BCUT2D eigenvalue weighted by Gasteiger charge is -2.27. The van der Waals surface area contributed by atoms with E-state index in [0.717, 1.165) is 129 Å². The molecule has 16 aromatic rings. The molecule has 0 atom stereocenters. The molecule has 6 heteroatoms. The molecule has 0 heterocycles. The lowest BCUT2D eigenvalue weighted by atomic mass is 9.89. The molecule has 0 fully saturated rings. The summed E-state index contributed by atoms with van der Waals surface area (Å²) in [6, 6.07) is 129. The Labute approximate surface area is 559 Å². The van der Waals surface area contributed by atoms with Gasteiger partial charge in [0.15, 0.2) is 6.29 Å². The molecule has 0 N–H and O–H groups in total. The Morgan fingerprint density at radius 1 is 0.240 bits per heavy atom. The van der Waals surface area contributed by atoms with Gasteiger partial charge < -0.3 is 24.3 Å². The first-order valence-electron chi connectivity index (χ1n) is 32.4. The maximum absolute atomic E-state index is 13.4. The van der Waals surface area contributed by atoms with Crippen molar-refractivity contribution in [3.05, 3.63) is 370 Å². The molecular weight excluding hydrogens is 1170 g/mol. The number of carbonyl (C=O) groups is 1. The first kappa shape index (κ1) is 58.3. The van der Waals surface area contributed by atoms with Crippen molar-refractivity contribution < 1.29 is 9.53 Å². The minimum Gasteiger partial charge on any atom is -0.496 e. The van der Waals surface area contributed by atoms with Gasteiger partial charge in [0.2, 0.25) is 0 Å². The number of anilines is 12. The van der Waals surface area contributed by atoms with E-state index < -0.39 is 0 Å². The number of ether oxygens (including phenoxy) is 1. The Hall–Kier alpha value is -12.8. The van der Waals surface area contributed by atoms with Gasteiger partial charge in [-0.2, -0.15) is 0 Å². The SMILES string of the molecule is COc1ccc2cc(N(c3ccccc3)c3ccc(-c4ccc(N(c5ccccc5)c5cccc6ccccc56)cc4)cc3)ccc2c1-c1c(C=O)ccc2cc(N(c3ccccc3)c3ccc(-c4ccc(N(c5ccccc5)c5cccc6ccccc56)cc4)cc3)ccc12. The lowest BCUT2D eigenvalue weighted by Crippen LogP contribution is -2.10. The highest BCUT2D eigenvalue weighted by molar-refractivity contribution is 6.14. The fourth-order valence-corrected chi connectivity index (χ4v) is 13.8. The van der Waals surface area contributed by atoms with Crippen LogP contribution in [0.25, 0.3) is 76.5 Å². The normalized spacial score (nSPS) is 11.2. The summed E-state index contributed by atoms with van der Waals surface area (Å²) < 4.78 is 6.24. The number of methoxy groups -OCH3 is 1. The Kier molecular flexibility index (Phi) is 15.6. The summed E-state index contributed by atoms with van der Waals surface area (Å²) in [5, 5.41) is 8.68. The van der Waals surface area contributed by atoms with Gasteiger partial charge in [-0.1, -0.05) is 224 Å². The number of fused-ring (bicyclic) bond motifs is 4. The van der Waals surface area contributed by atoms with Gasteiger partial charge in [-0.25, -0.2) is 0 Å². The zero-order valence-electron chi connectivity index (χ0n) is 52.8. The van der Waals surface area contributed by atoms with Crippen molar-refractivity contribution in [1.29, 1.82) is 0 Å². The highest BCUT2D eigenvalue weighted by atomic mass is 16.5. The van der Waals surface area contributed by atoms with Crippen LogP contribution in [0.3, 0.4) is 0 Å². The highest BCUT2D eigenvalue weighted by Gasteiger charge is 2.23. The van der Waals surface area contributed by atoms with Crippen LogP contribution < -0.4 is 24.3 Å². The Balaban J connectivity index is 0.711. The molecule has 0 spiro atoms. The summed E-state index contributed by atoms with van der Waals surface area (Å²) in [4.78, 5) is 22.6. The van der Waals surface area contributed by atoms with Crippen LogP contribution in [0.5, 0.6) is 5.75 Å². The van der Waals surface area contributed by atoms with Crippen molar-refractivity contribution in [3.8, 4) is 39.1 Å². The van der Waals surface area contributed by atoms with E-state index >= 15 is 0 Å². The van der Waals surface area contributed by atoms with Gasteiger partial charge >= 0.3 is 0 Å². The molecule has 0 aliphatic heterocycles. The standard InChI is InChI=1S/C90H64N4O2/c1-96-88-59-46-70-61-81(92(73-26-8-3-9-27-73)77-49-40-64(41-50-77)66-44-53-79(54-45-66)94(75-30-12-5-13-31-75)87-35-19-23-68-21-15-17-33-83(68)87)56-58-85(70)90(88)89-71(62-95)37-36-69-60-80(55-57-84(69)89)91(72-24-6-2-7-25-72)76-47-38-63(39-48-76)65-42-51-78(52-43-65)93(74-28-10-4-11-29-74)86-34-18-22-67-20-14-16-32-82(67)86/h2-62H,1H3. The van der Waals surface area contributed by atoms with Crippen molar-refractivity contribution in [2.24, 2.45) is 0 Å². The number of rotatable bonds is 17. The Bertz CT molecular complexity index is 5450. The first-order valence-corrected chi connectivity index (χ1v) is 32.4. The van der Waals surface area contributed by atoms with Crippen LogP contribution in [0, 0.1) is 0 Å². The summed E-state index contributed by atoms with van der Waals surface area (Å²) in [5.41, 5.74) is 19.4. The van der Waals surface area contributed by atoms with Gasteiger partial charge in [0.1, 0.15) is 5.75 Å². The molecule has 16 aromatic carbocycles. The number of hydrogen-bond acceptors (Lipinski definition) is 6. The summed E-state index contributed by atoms with van der Waals surface area (Å²) in [6.45, 7) is 0. The molecule has 456 valence electrons. The van der Waals surface area contributed by atoms with Gasteiger partial charge in [-0.05, 0) is 194 Å².